The molecule has 1 saturated heterocycles. The summed E-state index contributed by atoms with van der Waals surface area (Å²) in [5.41, 5.74) is 0. The van der Waals surface area contributed by atoms with Gasteiger partial charge >= 0.3 is 70.0 Å². The monoisotopic (exact) mass is 236 g/mol. The van der Waals surface area contributed by atoms with Crippen LogP contribution in [0.3, 0.4) is 0 Å². The van der Waals surface area contributed by atoms with Crippen molar-refractivity contribution in [2.45, 2.75) is 20.1 Å². The number of halogens is 2. The molecule has 1 fully saturated rings. The molecule has 1 heterocycles. The molecule has 1 aliphatic rings. The van der Waals surface area contributed by atoms with Crippen molar-refractivity contribution < 1.29 is 0 Å². The molecule has 48 valence electrons. The van der Waals surface area contributed by atoms with Gasteiger partial charge in [0.05, 0.1) is 0 Å². The fourth-order valence-corrected chi connectivity index (χ4v) is 5.85. The minimum atomic E-state index is 0.297. The summed E-state index contributed by atoms with van der Waals surface area (Å²) < 4.78 is 0.595. The van der Waals surface area contributed by atoms with E-state index in [1.54, 1.807) is 11.8 Å². The van der Waals surface area contributed by atoms with Gasteiger partial charge in [-0.15, -0.1) is 0 Å². The predicted molar refractivity (Wildman–Crippen MR) is 42.2 cm³/mol. The van der Waals surface area contributed by atoms with Crippen LogP contribution in [0.15, 0.2) is 0 Å². The predicted octanol–water partition coefficient (Wildman–Crippen LogP) is 2.40. The second kappa shape index (κ2) is 3.58. The van der Waals surface area contributed by atoms with E-state index in [1.165, 1.54) is 10.6 Å². The summed E-state index contributed by atoms with van der Waals surface area (Å²) in [5.74, 6) is 0. The van der Waals surface area contributed by atoms with Gasteiger partial charge < -0.3 is 0 Å². The van der Waals surface area contributed by atoms with Crippen molar-refractivity contribution in [3.8, 4) is 0 Å². The number of thioether (sulfide) groups is 1. The SMILES string of the molecule is ClC1C[Se]CC(Cl)S1. The van der Waals surface area contributed by atoms with Gasteiger partial charge in [-0.05, 0) is 0 Å². The Labute approximate surface area is 69.8 Å². The summed E-state index contributed by atoms with van der Waals surface area (Å²) in [7, 11) is 0. The van der Waals surface area contributed by atoms with Crippen molar-refractivity contribution in [3.63, 3.8) is 0 Å². The van der Waals surface area contributed by atoms with E-state index in [2.05, 4.69) is 0 Å². The van der Waals surface area contributed by atoms with Gasteiger partial charge in [0.25, 0.3) is 0 Å². The van der Waals surface area contributed by atoms with Crippen molar-refractivity contribution in [1.29, 1.82) is 0 Å². The second-order valence-electron chi connectivity index (χ2n) is 1.49. The molecule has 0 aliphatic carbocycles. The van der Waals surface area contributed by atoms with Gasteiger partial charge in [-0.2, -0.15) is 0 Å². The molecule has 0 saturated carbocycles. The Kier molecular flexibility index (Phi) is 3.38. The number of rotatable bonds is 0. The molecule has 2 unspecified atom stereocenters. The van der Waals surface area contributed by atoms with Crippen LogP contribution in [0, 0.1) is 0 Å². The zero-order chi connectivity index (χ0) is 5.98. The van der Waals surface area contributed by atoms with Crippen molar-refractivity contribution in [2.24, 2.45) is 0 Å². The Morgan fingerprint density at radius 2 is 1.75 bits per heavy atom. The van der Waals surface area contributed by atoms with Crippen LogP contribution < -0.4 is 0 Å². The summed E-state index contributed by atoms with van der Waals surface area (Å²) in [6.07, 6.45) is 0. The molecule has 0 spiro atoms. The van der Waals surface area contributed by atoms with Crippen molar-refractivity contribution in [1.82, 2.24) is 0 Å². The van der Waals surface area contributed by atoms with Crippen LogP contribution in [0.2, 0.25) is 10.6 Å². The summed E-state index contributed by atoms with van der Waals surface area (Å²) in [5, 5.41) is 2.37. The zero-order valence-electron chi connectivity index (χ0n) is 4.14. The van der Waals surface area contributed by atoms with Gasteiger partial charge in [0.1, 0.15) is 0 Å². The Balaban J connectivity index is 2.23. The van der Waals surface area contributed by atoms with E-state index in [0.29, 0.717) is 24.4 Å². The normalized spacial score (nSPS) is 39.8. The molecule has 0 bridgehead atoms. The number of hydrogen-bond acceptors (Lipinski definition) is 1. The topological polar surface area (TPSA) is 0 Å². The van der Waals surface area contributed by atoms with E-state index in [9.17, 15) is 0 Å². The maximum atomic E-state index is 5.81. The minimum absolute atomic E-state index is 0.297. The fourth-order valence-electron chi connectivity index (χ4n) is 0.492. The van der Waals surface area contributed by atoms with E-state index < -0.39 is 0 Å². The molecule has 1 aliphatic heterocycles. The van der Waals surface area contributed by atoms with E-state index in [-0.39, 0.29) is 0 Å². The van der Waals surface area contributed by atoms with Crippen LogP contribution in [0.25, 0.3) is 0 Å². The van der Waals surface area contributed by atoms with Crippen LogP contribution >= 0.6 is 35.0 Å². The van der Waals surface area contributed by atoms with Crippen LogP contribution in [-0.4, -0.2) is 24.4 Å². The quantitative estimate of drug-likeness (QED) is 0.459. The Morgan fingerprint density at radius 3 is 2.00 bits per heavy atom. The van der Waals surface area contributed by atoms with Gasteiger partial charge in [0.2, 0.25) is 0 Å². The van der Waals surface area contributed by atoms with Crippen molar-refractivity contribution in [2.75, 3.05) is 0 Å². The summed E-state index contributed by atoms with van der Waals surface area (Å²) >= 11 is 14.0. The third-order valence-corrected chi connectivity index (χ3v) is 6.81. The summed E-state index contributed by atoms with van der Waals surface area (Å²) in [4.78, 5) is 0. The average Bonchev–Trinajstić information content (AvgIpc) is 1.64. The first-order valence-corrected chi connectivity index (χ1v) is 6.54. The molecule has 0 radical (unpaired) electrons. The van der Waals surface area contributed by atoms with Gasteiger partial charge in [-0.1, -0.05) is 0 Å². The molecule has 0 aromatic heterocycles. The molecule has 0 N–H and O–H groups in total. The second-order valence-corrected chi connectivity index (χ2v) is 6.73. The average molecular weight is 236 g/mol. The van der Waals surface area contributed by atoms with Crippen molar-refractivity contribution in [3.05, 3.63) is 0 Å². The van der Waals surface area contributed by atoms with Gasteiger partial charge in [0.15, 0.2) is 0 Å². The molecule has 8 heavy (non-hydrogen) atoms. The third kappa shape index (κ3) is 2.36. The third-order valence-electron chi connectivity index (χ3n) is 0.793. The first-order valence-electron chi connectivity index (χ1n) is 2.30. The number of alkyl halides is 2. The van der Waals surface area contributed by atoms with Crippen LogP contribution in [0.5, 0.6) is 0 Å². The molecule has 4 heteroatoms. The first kappa shape index (κ1) is 7.56. The summed E-state index contributed by atoms with van der Waals surface area (Å²) in [6.45, 7) is 0. The fraction of sp³-hybridized carbons (Fsp3) is 1.00. The van der Waals surface area contributed by atoms with Crippen molar-refractivity contribution >= 4 is 49.9 Å². The standard InChI is InChI=1S/C4H6Cl2SSe/c5-3-1-8-2-4(6)7-3/h3-4H,1-2H2. The molecule has 0 aromatic rings. The van der Waals surface area contributed by atoms with Gasteiger partial charge in [0, 0.05) is 0 Å². The van der Waals surface area contributed by atoms with E-state index >= 15 is 0 Å². The number of hydrogen-bond donors (Lipinski definition) is 0. The molecule has 0 aromatic carbocycles. The Morgan fingerprint density at radius 1 is 1.25 bits per heavy atom. The van der Waals surface area contributed by atoms with Gasteiger partial charge in [-0.3, -0.25) is 0 Å². The zero-order valence-corrected chi connectivity index (χ0v) is 8.18. The molecule has 0 nitrogen and oxygen atoms in total. The maximum absolute atomic E-state index is 5.81. The van der Waals surface area contributed by atoms with E-state index in [1.807, 2.05) is 0 Å². The van der Waals surface area contributed by atoms with Crippen LogP contribution in [-0.2, 0) is 0 Å². The molecular weight excluding hydrogens is 230 g/mol. The van der Waals surface area contributed by atoms with Crippen LogP contribution in [0.4, 0.5) is 0 Å². The van der Waals surface area contributed by atoms with Crippen LogP contribution in [0.1, 0.15) is 0 Å². The van der Waals surface area contributed by atoms with E-state index in [0.717, 1.165) is 0 Å². The Bertz CT molecular complexity index is 72.4. The van der Waals surface area contributed by atoms with E-state index in [4.69, 9.17) is 23.2 Å². The Hall–Kier alpha value is 1.45. The summed E-state index contributed by atoms with van der Waals surface area (Å²) in [6, 6.07) is 0. The molecule has 0 amide bonds. The van der Waals surface area contributed by atoms with Gasteiger partial charge in [-0.25, -0.2) is 0 Å². The molecule has 2 atom stereocenters. The molecular formula is C4H6Cl2SSe. The molecule has 1 rings (SSSR count). The first-order chi connectivity index (χ1) is 3.79.